The van der Waals surface area contributed by atoms with Crippen molar-refractivity contribution in [2.75, 3.05) is 12.3 Å². The molecule has 0 aromatic carbocycles. The summed E-state index contributed by atoms with van der Waals surface area (Å²) in [7, 11) is -4.36. The summed E-state index contributed by atoms with van der Waals surface area (Å²) in [4.78, 5) is 38.7. The Morgan fingerprint density at radius 2 is 2.00 bits per heavy atom. The molecular formula is C10H14BClN5O9P2. The van der Waals surface area contributed by atoms with Crippen LogP contribution in [0, 0.1) is 0 Å². The Bertz CT molecular complexity index is 988. The standard InChI is InChI=1S/C10H14BClN5O9P2/c11-27(20,26-28(21,22)23)24-1-3-5(18)6(19)9(25-3)17-2-14-4-7(13)15-10(12)16-8(4)17/h2-3,5-6,9,18-20H,1H2,(H2,13,15,16)(H2,21,22,23)/t3-,5-,6-,9-,27-/m1/s1. The summed E-state index contributed by atoms with van der Waals surface area (Å²) in [6.45, 7) is -0.653. The Kier molecular flexibility index (Phi) is 5.98. The van der Waals surface area contributed by atoms with Crippen LogP contribution in [0.5, 0.6) is 0 Å². The fourth-order valence-electron chi connectivity index (χ4n) is 2.55. The van der Waals surface area contributed by atoms with Crippen LogP contribution in [0.4, 0.5) is 5.82 Å². The number of nitrogens with zero attached hydrogens (tertiary/aromatic N) is 4. The zero-order valence-corrected chi connectivity index (χ0v) is 16.2. The van der Waals surface area contributed by atoms with Gasteiger partial charge in [-0.25, -0.2) is 0 Å². The van der Waals surface area contributed by atoms with Crippen molar-refractivity contribution >= 4 is 51.0 Å². The number of aliphatic hydroxyl groups excluding tert-OH is 2. The number of aromatic nitrogens is 4. The van der Waals surface area contributed by atoms with Crippen molar-refractivity contribution in [3.8, 4) is 0 Å². The molecule has 3 rings (SSSR count). The molecule has 153 valence electrons. The first-order valence-corrected chi connectivity index (χ1v) is 10.9. The Balaban J connectivity index is 1.78. The number of aliphatic hydroxyl groups is 2. The summed E-state index contributed by atoms with van der Waals surface area (Å²) >= 11 is 5.77. The summed E-state index contributed by atoms with van der Waals surface area (Å²) < 4.78 is 26.2. The van der Waals surface area contributed by atoms with Gasteiger partial charge < -0.3 is 0 Å². The number of imidazole rings is 1. The van der Waals surface area contributed by atoms with Crippen LogP contribution in [0.15, 0.2) is 6.33 Å². The van der Waals surface area contributed by atoms with Gasteiger partial charge in [0, 0.05) is 0 Å². The minimum absolute atomic E-state index is 0.00532. The number of fused-ring (bicyclic) bond motifs is 1. The predicted octanol–water partition coefficient (Wildman–Crippen LogP) is -1.35. The first-order chi connectivity index (χ1) is 12.9. The first-order valence-electron chi connectivity index (χ1n) is 7.37. The van der Waals surface area contributed by atoms with Crippen molar-refractivity contribution in [2.45, 2.75) is 24.5 Å². The number of anilines is 1. The van der Waals surface area contributed by atoms with E-state index in [9.17, 15) is 19.7 Å². The van der Waals surface area contributed by atoms with E-state index >= 15 is 0 Å². The molecule has 1 saturated heterocycles. The number of halogens is 1. The number of nitrogen functional groups attached to an aromatic ring is 1. The molecule has 0 bridgehead atoms. The van der Waals surface area contributed by atoms with Gasteiger partial charge in [0.05, 0.1) is 0 Å². The molecule has 14 nitrogen and oxygen atoms in total. The van der Waals surface area contributed by atoms with Crippen LogP contribution in [-0.2, 0) is 18.1 Å². The summed E-state index contributed by atoms with van der Waals surface area (Å²) in [6, 6.07) is 0. The third kappa shape index (κ3) is 4.61. The van der Waals surface area contributed by atoms with Crippen molar-refractivity contribution in [3.63, 3.8) is 0 Å². The van der Waals surface area contributed by atoms with Crippen molar-refractivity contribution in [2.24, 2.45) is 0 Å². The first kappa shape index (κ1) is 21.7. The fraction of sp³-hybridized carbons (Fsp3) is 0.500. The topological polar surface area (TPSA) is 216 Å². The second kappa shape index (κ2) is 7.71. The number of hydrogen-bond donors (Lipinski definition) is 6. The van der Waals surface area contributed by atoms with E-state index in [4.69, 9.17) is 43.6 Å². The van der Waals surface area contributed by atoms with Gasteiger partial charge in [-0.3, -0.25) is 0 Å². The van der Waals surface area contributed by atoms with Gasteiger partial charge >= 0.3 is 162 Å². The summed E-state index contributed by atoms with van der Waals surface area (Å²) in [5.41, 5.74) is 6.02. The van der Waals surface area contributed by atoms with E-state index in [0.717, 1.165) is 0 Å². The van der Waals surface area contributed by atoms with Crippen molar-refractivity contribution in [1.29, 1.82) is 0 Å². The number of phosphoric acid groups is 1. The molecule has 2 aromatic heterocycles. The Morgan fingerprint density at radius 1 is 1.32 bits per heavy atom. The van der Waals surface area contributed by atoms with Crippen LogP contribution in [0.2, 0.25) is 5.28 Å². The second-order valence-corrected chi connectivity index (χ2v) is 9.04. The molecule has 1 fully saturated rings. The van der Waals surface area contributed by atoms with Gasteiger partial charge in [0.15, 0.2) is 0 Å². The Morgan fingerprint density at radius 3 is 2.64 bits per heavy atom. The molecule has 2 aromatic rings. The second-order valence-electron chi connectivity index (χ2n) is 5.68. The maximum absolute atomic E-state index is 10.8. The Labute approximate surface area is 162 Å². The minimum atomic E-state index is -5.12. The molecule has 7 N–H and O–H groups in total. The number of nitrogens with two attached hydrogens (primary N) is 1. The molecule has 0 amide bonds. The number of ether oxygens (including phenoxy) is 1. The normalized spacial score (nSPS) is 27.9. The van der Waals surface area contributed by atoms with Crippen molar-refractivity contribution in [3.05, 3.63) is 11.6 Å². The SMILES string of the molecule is [B]=[P@@](O)(OC[C@H]1O[C@@H](n2cnc3c(N)nc(Cl)nc32)[C@H](O)[C@@H]1O)OP(=O)(O)O. The molecule has 0 spiro atoms. The van der Waals surface area contributed by atoms with Gasteiger partial charge in [0.2, 0.25) is 0 Å². The van der Waals surface area contributed by atoms with Crippen molar-refractivity contribution in [1.82, 2.24) is 19.5 Å². The molecule has 1 aliphatic rings. The van der Waals surface area contributed by atoms with Gasteiger partial charge in [-0.05, 0) is 0 Å². The zero-order valence-electron chi connectivity index (χ0n) is 13.7. The molecule has 0 saturated carbocycles. The molecular weight excluding hydrogens is 442 g/mol. The molecule has 3 heterocycles. The third-order valence-electron chi connectivity index (χ3n) is 3.68. The van der Waals surface area contributed by atoms with Crippen LogP contribution in [0.25, 0.3) is 11.2 Å². The third-order valence-corrected chi connectivity index (χ3v) is 6.15. The average Bonchev–Trinajstić information content (AvgIpc) is 3.06. The van der Waals surface area contributed by atoms with E-state index < -0.39 is 46.4 Å². The fourth-order valence-corrected chi connectivity index (χ4v) is 4.49. The summed E-state index contributed by atoms with van der Waals surface area (Å²) in [5, 5.41) is 20.3. The van der Waals surface area contributed by atoms with Crippen LogP contribution in [-0.4, -0.2) is 76.5 Å². The Hall–Kier alpha value is -0.955. The van der Waals surface area contributed by atoms with E-state index in [1.807, 2.05) is 0 Å². The average molecular weight is 456 g/mol. The monoisotopic (exact) mass is 456 g/mol. The summed E-state index contributed by atoms with van der Waals surface area (Å²) in [6.07, 6.45) is -4.23. The van der Waals surface area contributed by atoms with Crippen LogP contribution in [0.3, 0.4) is 0 Å². The van der Waals surface area contributed by atoms with Crippen LogP contribution in [0.1, 0.15) is 6.23 Å². The van der Waals surface area contributed by atoms with E-state index in [0.29, 0.717) is 0 Å². The summed E-state index contributed by atoms with van der Waals surface area (Å²) in [5.74, 6) is -0.00532. The molecule has 1 aliphatic heterocycles. The van der Waals surface area contributed by atoms with Gasteiger partial charge in [-0.15, -0.1) is 0 Å². The number of hydrogen-bond acceptors (Lipinski definition) is 11. The quantitative estimate of drug-likeness (QED) is 0.168. The van der Waals surface area contributed by atoms with E-state index in [1.165, 1.54) is 10.9 Å². The van der Waals surface area contributed by atoms with Crippen molar-refractivity contribution < 1.29 is 43.0 Å². The molecule has 1 radical (unpaired) electrons. The van der Waals surface area contributed by atoms with E-state index in [-0.39, 0.29) is 22.3 Å². The van der Waals surface area contributed by atoms with E-state index in [2.05, 4.69) is 19.3 Å². The zero-order chi connectivity index (χ0) is 20.9. The van der Waals surface area contributed by atoms with Gasteiger partial charge in [0.1, 0.15) is 0 Å². The molecule has 0 unspecified atom stereocenters. The molecule has 0 aliphatic carbocycles. The van der Waals surface area contributed by atoms with E-state index in [1.54, 1.807) is 0 Å². The molecule has 18 heteroatoms. The maximum atomic E-state index is 10.8. The van der Waals surface area contributed by atoms with Crippen LogP contribution >= 0.6 is 26.9 Å². The number of rotatable bonds is 6. The van der Waals surface area contributed by atoms with Gasteiger partial charge in [-0.1, -0.05) is 0 Å². The predicted molar refractivity (Wildman–Crippen MR) is 94.6 cm³/mol. The molecule has 5 atom stereocenters. The van der Waals surface area contributed by atoms with Gasteiger partial charge in [-0.2, -0.15) is 0 Å². The van der Waals surface area contributed by atoms with Crippen LogP contribution < -0.4 is 5.73 Å². The molecule has 28 heavy (non-hydrogen) atoms. The van der Waals surface area contributed by atoms with Gasteiger partial charge in [0.25, 0.3) is 0 Å².